The largest absolute Gasteiger partial charge is 0.483 e. The van der Waals surface area contributed by atoms with Gasteiger partial charge in [0.25, 0.3) is 0 Å². The highest BCUT2D eigenvalue weighted by molar-refractivity contribution is 9.10. The molecule has 3 unspecified atom stereocenters. The molecule has 2 aromatic carbocycles. The summed E-state index contributed by atoms with van der Waals surface area (Å²) < 4.78 is 7.78. The molecule has 1 aliphatic heterocycles. The SMILES string of the molecule is NCC1CCN(C2Cc3ccccc3C2Oc2ccc(Br)cc2-c2ccn[nH]2)C1. The molecule has 5 nitrogen and oxygen atoms in total. The molecule has 0 bridgehead atoms. The van der Waals surface area contributed by atoms with E-state index in [4.69, 9.17) is 10.5 Å². The van der Waals surface area contributed by atoms with Crippen LogP contribution in [-0.2, 0) is 6.42 Å². The molecule has 0 radical (unpaired) electrons. The minimum absolute atomic E-state index is 0.00516. The topological polar surface area (TPSA) is 67.2 Å². The smallest absolute Gasteiger partial charge is 0.140 e. The van der Waals surface area contributed by atoms with Crippen molar-refractivity contribution in [2.24, 2.45) is 11.7 Å². The van der Waals surface area contributed by atoms with Crippen molar-refractivity contribution in [2.75, 3.05) is 19.6 Å². The standard InChI is InChI=1S/C23H25BrN4O/c24-17-5-6-22(19(12-17)20-7-9-26-27-20)29-23-18-4-2-1-3-16(18)11-21(23)28-10-8-15(13-25)14-28/h1-7,9,12,15,21,23H,8,10-11,13-14,25H2,(H,26,27). The number of nitrogens with one attached hydrogen (secondary N) is 1. The van der Waals surface area contributed by atoms with Gasteiger partial charge in [0, 0.05) is 22.8 Å². The van der Waals surface area contributed by atoms with E-state index >= 15 is 0 Å². The van der Waals surface area contributed by atoms with E-state index in [1.54, 1.807) is 6.20 Å². The minimum atomic E-state index is 0.00516. The number of hydrogen-bond donors (Lipinski definition) is 2. The van der Waals surface area contributed by atoms with Crippen LogP contribution in [0.2, 0.25) is 0 Å². The number of benzene rings is 2. The number of H-pyrrole nitrogens is 1. The Morgan fingerprint density at radius 3 is 2.90 bits per heavy atom. The molecule has 150 valence electrons. The summed E-state index contributed by atoms with van der Waals surface area (Å²) in [5, 5.41) is 7.19. The van der Waals surface area contributed by atoms with E-state index in [9.17, 15) is 0 Å². The summed E-state index contributed by atoms with van der Waals surface area (Å²) in [5.41, 5.74) is 10.6. The fraction of sp³-hybridized carbons (Fsp3) is 0.348. The van der Waals surface area contributed by atoms with Crippen LogP contribution in [0.25, 0.3) is 11.3 Å². The van der Waals surface area contributed by atoms with Crippen molar-refractivity contribution in [1.29, 1.82) is 0 Å². The van der Waals surface area contributed by atoms with Gasteiger partial charge in [0.15, 0.2) is 0 Å². The highest BCUT2D eigenvalue weighted by Gasteiger charge is 2.40. The van der Waals surface area contributed by atoms with Crippen LogP contribution >= 0.6 is 15.9 Å². The molecular weight excluding hydrogens is 428 g/mol. The first-order valence-corrected chi connectivity index (χ1v) is 11.0. The van der Waals surface area contributed by atoms with Crippen LogP contribution in [0.3, 0.4) is 0 Å². The van der Waals surface area contributed by atoms with Gasteiger partial charge < -0.3 is 10.5 Å². The summed E-state index contributed by atoms with van der Waals surface area (Å²) in [6.45, 7) is 2.91. The molecule has 0 saturated carbocycles. The van der Waals surface area contributed by atoms with Crippen LogP contribution in [0.5, 0.6) is 5.75 Å². The molecule has 1 saturated heterocycles. The van der Waals surface area contributed by atoms with Crippen LogP contribution in [0.4, 0.5) is 0 Å². The van der Waals surface area contributed by atoms with Gasteiger partial charge in [0.2, 0.25) is 0 Å². The molecule has 2 aliphatic rings. The lowest BCUT2D eigenvalue weighted by Crippen LogP contribution is -2.39. The fourth-order valence-electron chi connectivity index (χ4n) is 4.71. The zero-order valence-electron chi connectivity index (χ0n) is 16.2. The monoisotopic (exact) mass is 452 g/mol. The number of nitrogens with zero attached hydrogens (tertiary/aromatic N) is 2. The number of aromatic amines is 1. The zero-order chi connectivity index (χ0) is 19.8. The lowest BCUT2D eigenvalue weighted by Gasteiger charge is -2.31. The van der Waals surface area contributed by atoms with Crippen molar-refractivity contribution in [3.8, 4) is 17.0 Å². The second-order valence-corrected chi connectivity index (χ2v) is 8.92. The number of likely N-dealkylation sites (tertiary alicyclic amines) is 1. The van der Waals surface area contributed by atoms with Gasteiger partial charge in [-0.25, -0.2) is 0 Å². The Morgan fingerprint density at radius 1 is 1.21 bits per heavy atom. The lowest BCUT2D eigenvalue weighted by molar-refractivity contribution is 0.0921. The summed E-state index contributed by atoms with van der Waals surface area (Å²) in [4.78, 5) is 2.58. The highest BCUT2D eigenvalue weighted by atomic mass is 79.9. The number of fused-ring (bicyclic) bond motifs is 1. The van der Waals surface area contributed by atoms with Crippen molar-refractivity contribution in [3.05, 3.63) is 70.3 Å². The quantitative estimate of drug-likeness (QED) is 0.609. The molecule has 2 heterocycles. The molecule has 0 spiro atoms. The van der Waals surface area contributed by atoms with E-state index < -0.39 is 0 Å². The Morgan fingerprint density at radius 2 is 2.10 bits per heavy atom. The van der Waals surface area contributed by atoms with Crippen LogP contribution in [0, 0.1) is 5.92 Å². The molecule has 3 aromatic rings. The third kappa shape index (κ3) is 3.61. The number of nitrogens with two attached hydrogens (primary N) is 1. The molecule has 3 atom stereocenters. The van der Waals surface area contributed by atoms with Gasteiger partial charge in [-0.05, 0) is 67.2 Å². The summed E-state index contributed by atoms with van der Waals surface area (Å²) in [6.07, 6.45) is 3.97. The summed E-state index contributed by atoms with van der Waals surface area (Å²) in [7, 11) is 0. The molecule has 1 fully saturated rings. The van der Waals surface area contributed by atoms with Gasteiger partial charge in [0.05, 0.1) is 11.7 Å². The van der Waals surface area contributed by atoms with Gasteiger partial charge in [-0.2, -0.15) is 5.10 Å². The summed E-state index contributed by atoms with van der Waals surface area (Å²) >= 11 is 3.59. The van der Waals surface area contributed by atoms with Crippen LogP contribution in [0.1, 0.15) is 23.7 Å². The number of ether oxygens (including phenoxy) is 1. The van der Waals surface area contributed by atoms with Crippen LogP contribution in [0.15, 0.2) is 59.2 Å². The zero-order valence-corrected chi connectivity index (χ0v) is 17.8. The molecule has 0 amide bonds. The molecule has 5 rings (SSSR count). The first-order valence-electron chi connectivity index (χ1n) is 10.2. The lowest BCUT2D eigenvalue weighted by atomic mass is 10.1. The van der Waals surface area contributed by atoms with E-state index in [-0.39, 0.29) is 6.10 Å². The second kappa shape index (κ2) is 7.94. The number of rotatable bonds is 5. The van der Waals surface area contributed by atoms with E-state index in [2.05, 4.69) is 61.4 Å². The van der Waals surface area contributed by atoms with Crippen LogP contribution < -0.4 is 10.5 Å². The summed E-state index contributed by atoms with van der Waals surface area (Å²) in [5.74, 6) is 1.46. The molecule has 29 heavy (non-hydrogen) atoms. The van der Waals surface area contributed by atoms with Gasteiger partial charge in [-0.3, -0.25) is 10.00 Å². The molecule has 1 aromatic heterocycles. The van der Waals surface area contributed by atoms with Crippen molar-refractivity contribution in [1.82, 2.24) is 15.1 Å². The van der Waals surface area contributed by atoms with Crippen LogP contribution in [-0.4, -0.2) is 40.8 Å². The Balaban J connectivity index is 1.50. The Labute approximate surface area is 179 Å². The van der Waals surface area contributed by atoms with Gasteiger partial charge in [-0.1, -0.05) is 40.2 Å². The van der Waals surface area contributed by atoms with Crippen molar-refractivity contribution in [3.63, 3.8) is 0 Å². The van der Waals surface area contributed by atoms with E-state index in [1.807, 2.05) is 18.2 Å². The van der Waals surface area contributed by atoms with Crippen molar-refractivity contribution < 1.29 is 4.74 Å². The van der Waals surface area contributed by atoms with Crippen molar-refractivity contribution in [2.45, 2.75) is 25.0 Å². The average Bonchev–Trinajstić information content (AvgIpc) is 3.49. The van der Waals surface area contributed by atoms with E-state index in [0.29, 0.717) is 12.0 Å². The maximum atomic E-state index is 6.76. The predicted molar refractivity (Wildman–Crippen MR) is 118 cm³/mol. The number of halogens is 1. The normalized spacial score (nSPS) is 24.0. The average molecular weight is 453 g/mol. The van der Waals surface area contributed by atoms with E-state index in [1.165, 1.54) is 17.5 Å². The molecular formula is C23H25BrN4O. The maximum Gasteiger partial charge on any atom is 0.140 e. The minimum Gasteiger partial charge on any atom is -0.483 e. The fourth-order valence-corrected chi connectivity index (χ4v) is 5.08. The van der Waals surface area contributed by atoms with Gasteiger partial charge in [-0.15, -0.1) is 0 Å². The third-order valence-electron chi connectivity index (χ3n) is 6.25. The van der Waals surface area contributed by atoms with Gasteiger partial charge >= 0.3 is 0 Å². The first kappa shape index (κ1) is 18.9. The Kier molecular flexibility index (Phi) is 5.16. The summed E-state index contributed by atoms with van der Waals surface area (Å²) in [6, 6.07) is 17.2. The number of hydrogen-bond acceptors (Lipinski definition) is 4. The highest BCUT2D eigenvalue weighted by Crippen LogP contribution is 2.42. The molecule has 6 heteroatoms. The van der Waals surface area contributed by atoms with Crippen molar-refractivity contribution >= 4 is 15.9 Å². The van der Waals surface area contributed by atoms with E-state index in [0.717, 1.165) is 47.5 Å². The Bertz CT molecular complexity index is 990. The predicted octanol–water partition coefficient (Wildman–Crippen LogP) is 4.16. The third-order valence-corrected chi connectivity index (χ3v) is 6.74. The maximum absolute atomic E-state index is 6.76. The first-order chi connectivity index (χ1) is 14.2. The Hall–Kier alpha value is -2.15. The van der Waals surface area contributed by atoms with Gasteiger partial charge in [0.1, 0.15) is 11.9 Å². The molecule has 1 aliphatic carbocycles. The second-order valence-electron chi connectivity index (χ2n) is 8.00. The number of aromatic nitrogens is 2. The molecule has 3 N–H and O–H groups in total.